The van der Waals surface area contributed by atoms with Gasteiger partial charge in [-0.3, -0.25) is 9.79 Å². The molecule has 0 aromatic heterocycles. The second-order valence-corrected chi connectivity index (χ2v) is 2.29. The lowest BCUT2D eigenvalue weighted by molar-refractivity contribution is -0.137. The Labute approximate surface area is 56.5 Å². The normalized spacial score (nSPS) is 24.7. The van der Waals surface area contributed by atoms with Crippen LogP contribution < -0.4 is 4.72 Å². The van der Waals surface area contributed by atoms with Gasteiger partial charge >= 0.3 is 5.97 Å². The van der Waals surface area contributed by atoms with E-state index in [2.05, 4.69) is 9.71 Å². The van der Waals surface area contributed by atoms with Gasteiger partial charge in [-0.1, -0.05) is 0 Å². The third kappa shape index (κ3) is 2.03. The molecule has 9 heavy (non-hydrogen) atoms. The van der Waals surface area contributed by atoms with Gasteiger partial charge in [0.15, 0.2) is 0 Å². The number of rotatable bonds is 2. The third-order valence-corrected chi connectivity index (χ3v) is 1.50. The third-order valence-electron chi connectivity index (χ3n) is 0.866. The van der Waals surface area contributed by atoms with Crippen LogP contribution >= 0.6 is 11.9 Å². The summed E-state index contributed by atoms with van der Waals surface area (Å²) >= 11 is 1.32. The fraction of sp³-hybridized carbons (Fsp3) is 0.500. The molecule has 0 bridgehead atoms. The zero-order valence-corrected chi connectivity index (χ0v) is 5.39. The van der Waals surface area contributed by atoms with Crippen LogP contribution in [-0.4, -0.2) is 22.8 Å². The van der Waals surface area contributed by atoms with Crippen molar-refractivity contribution >= 4 is 23.5 Å². The minimum Gasteiger partial charge on any atom is -0.481 e. The average molecular weight is 146 g/mol. The number of nitrogens with one attached hydrogen (secondary N) is 1. The molecule has 0 fully saturated rings. The topological polar surface area (TPSA) is 61.7 Å². The van der Waals surface area contributed by atoms with E-state index in [1.54, 1.807) is 5.55 Å². The molecule has 0 aliphatic carbocycles. The second kappa shape index (κ2) is 2.84. The summed E-state index contributed by atoms with van der Waals surface area (Å²) in [4.78, 5) is 13.9. The summed E-state index contributed by atoms with van der Waals surface area (Å²) in [5.41, 5.74) is 1.60. The Bertz CT molecular complexity index is 148. The van der Waals surface area contributed by atoms with Gasteiger partial charge in [-0.2, -0.15) is 0 Å². The van der Waals surface area contributed by atoms with Gasteiger partial charge in [-0.05, 0) is 11.9 Å². The first kappa shape index (κ1) is 6.57. The van der Waals surface area contributed by atoms with E-state index < -0.39 is 5.97 Å². The van der Waals surface area contributed by atoms with E-state index in [-0.39, 0.29) is 12.6 Å². The molecule has 0 aromatic rings. The number of hydrogen-bond donors (Lipinski definition) is 2. The van der Waals surface area contributed by atoms with Crippen molar-refractivity contribution in [1.82, 2.24) is 4.72 Å². The van der Waals surface area contributed by atoms with Crippen LogP contribution in [0.1, 0.15) is 6.42 Å². The second-order valence-electron chi connectivity index (χ2n) is 1.60. The van der Waals surface area contributed by atoms with Crippen molar-refractivity contribution in [3.05, 3.63) is 0 Å². The minimum absolute atomic E-state index is 0.0590. The van der Waals surface area contributed by atoms with Gasteiger partial charge < -0.3 is 5.11 Å². The van der Waals surface area contributed by atoms with Gasteiger partial charge in [-0.15, -0.1) is 0 Å². The number of carboxylic acids is 1. The Morgan fingerprint density at radius 2 is 2.78 bits per heavy atom. The lowest BCUT2D eigenvalue weighted by Gasteiger charge is -2.00. The Morgan fingerprint density at radius 1 is 2.00 bits per heavy atom. The molecule has 5 heteroatoms. The van der Waals surface area contributed by atoms with Crippen molar-refractivity contribution in [2.24, 2.45) is 4.99 Å². The number of nitrogens with zero attached hydrogens (tertiary/aromatic N) is 1. The molecule has 0 aromatic carbocycles. The van der Waals surface area contributed by atoms with Gasteiger partial charge in [0.05, 0.1) is 12.0 Å². The lowest BCUT2D eigenvalue weighted by atomic mass is 10.4. The summed E-state index contributed by atoms with van der Waals surface area (Å²) in [5, 5.41) is 8.25. The summed E-state index contributed by atoms with van der Waals surface area (Å²) in [6.07, 6.45) is -0.170. The quantitative estimate of drug-likeness (QED) is 0.541. The summed E-state index contributed by atoms with van der Waals surface area (Å²) in [6.45, 7) is 0. The van der Waals surface area contributed by atoms with E-state index in [4.69, 9.17) is 5.11 Å². The van der Waals surface area contributed by atoms with Crippen LogP contribution in [0.15, 0.2) is 4.99 Å². The molecule has 1 aliphatic heterocycles. The van der Waals surface area contributed by atoms with Gasteiger partial charge in [-0.25, -0.2) is 4.72 Å². The SMILES string of the molecule is O=C(O)CC1N=CSN1. The molecule has 0 amide bonds. The predicted molar refractivity (Wildman–Crippen MR) is 35.3 cm³/mol. The van der Waals surface area contributed by atoms with Gasteiger partial charge in [0.25, 0.3) is 0 Å². The summed E-state index contributed by atoms with van der Waals surface area (Å²) in [7, 11) is 0. The van der Waals surface area contributed by atoms with E-state index in [0.717, 1.165) is 0 Å². The highest BCUT2D eigenvalue weighted by Crippen LogP contribution is 2.06. The maximum Gasteiger partial charge on any atom is 0.306 e. The molecule has 50 valence electrons. The largest absolute Gasteiger partial charge is 0.481 e. The van der Waals surface area contributed by atoms with Crippen molar-refractivity contribution in [3.8, 4) is 0 Å². The molecule has 0 radical (unpaired) electrons. The molecule has 4 nitrogen and oxygen atoms in total. The molecule has 1 unspecified atom stereocenters. The smallest absolute Gasteiger partial charge is 0.306 e. The number of aliphatic imine (C=N–C) groups is 1. The van der Waals surface area contributed by atoms with Crippen LogP contribution in [-0.2, 0) is 4.79 Å². The fourth-order valence-corrected chi connectivity index (χ4v) is 1.07. The van der Waals surface area contributed by atoms with Crippen LogP contribution in [0.2, 0.25) is 0 Å². The number of hydrogen-bond acceptors (Lipinski definition) is 4. The highest BCUT2D eigenvalue weighted by Gasteiger charge is 2.13. The molecule has 1 heterocycles. The highest BCUT2D eigenvalue weighted by atomic mass is 32.2. The van der Waals surface area contributed by atoms with Crippen LogP contribution in [0, 0.1) is 0 Å². The van der Waals surface area contributed by atoms with Crippen molar-refractivity contribution in [3.63, 3.8) is 0 Å². The first-order valence-electron chi connectivity index (χ1n) is 2.43. The Morgan fingerprint density at radius 3 is 3.22 bits per heavy atom. The first-order valence-corrected chi connectivity index (χ1v) is 3.31. The van der Waals surface area contributed by atoms with E-state index in [9.17, 15) is 4.79 Å². The van der Waals surface area contributed by atoms with Crippen LogP contribution in [0.5, 0.6) is 0 Å². The number of aliphatic carboxylic acids is 1. The standard InChI is InChI=1S/C4H6N2O2S/c7-4(8)1-3-5-2-9-6-3/h2-3,6H,1H2,(H,7,8). The predicted octanol–water partition coefficient (Wildman–Crippen LogP) is 0.0669. The van der Waals surface area contributed by atoms with E-state index in [1.807, 2.05) is 0 Å². The highest BCUT2D eigenvalue weighted by molar-refractivity contribution is 8.10. The minimum atomic E-state index is -0.827. The molecule has 1 rings (SSSR count). The molecular weight excluding hydrogens is 140 g/mol. The maximum atomic E-state index is 10.0. The Hall–Kier alpha value is -0.550. The first-order chi connectivity index (χ1) is 4.29. The van der Waals surface area contributed by atoms with Gasteiger partial charge in [0.2, 0.25) is 0 Å². The lowest BCUT2D eigenvalue weighted by Crippen LogP contribution is -2.19. The zero-order valence-electron chi connectivity index (χ0n) is 4.57. The van der Waals surface area contributed by atoms with E-state index in [0.29, 0.717) is 0 Å². The van der Waals surface area contributed by atoms with E-state index in [1.165, 1.54) is 11.9 Å². The summed E-state index contributed by atoms with van der Waals surface area (Å²) in [5.74, 6) is -0.827. The Balaban J connectivity index is 2.28. The fourth-order valence-electron chi connectivity index (χ4n) is 0.503. The number of carbonyl (C=O) groups is 1. The van der Waals surface area contributed by atoms with E-state index >= 15 is 0 Å². The number of carboxylic acid groups (broad SMARTS) is 1. The Kier molecular flexibility index (Phi) is 2.07. The molecule has 0 saturated heterocycles. The average Bonchev–Trinajstić information content (AvgIpc) is 2.15. The molecule has 1 atom stereocenters. The van der Waals surface area contributed by atoms with Crippen molar-refractivity contribution in [2.75, 3.05) is 0 Å². The van der Waals surface area contributed by atoms with Crippen LogP contribution in [0.3, 0.4) is 0 Å². The molecule has 2 N–H and O–H groups in total. The zero-order chi connectivity index (χ0) is 6.69. The van der Waals surface area contributed by atoms with Crippen molar-refractivity contribution in [1.29, 1.82) is 0 Å². The molecule has 0 spiro atoms. The van der Waals surface area contributed by atoms with Crippen molar-refractivity contribution < 1.29 is 9.90 Å². The summed E-state index contributed by atoms with van der Waals surface area (Å²) < 4.78 is 2.80. The molecular formula is C4H6N2O2S. The van der Waals surface area contributed by atoms with Crippen LogP contribution in [0.25, 0.3) is 0 Å². The maximum absolute atomic E-state index is 10.0. The van der Waals surface area contributed by atoms with Gasteiger partial charge in [0.1, 0.15) is 6.17 Å². The molecule has 0 saturated carbocycles. The van der Waals surface area contributed by atoms with Gasteiger partial charge in [0, 0.05) is 0 Å². The van der Waals surface area contributed by atoms with Crippen LogP contribution in [0.4, 0.5) is 0 Å². The summed E-state index contributed by atoms with van der Waals surface area (Å²) in [6, 6.07) is 0. The van der Waals surface area contributed by atoms with Crippen molar-refractivity contribution in [2.45, 2.75) is 12.6 Å². The molecule has 1 aliphatic rings. The monoisotopic (exact) mass is 146 g/mol.